The van der Waals surface area contributed by atoms with E-state index >= 15 is 0 Å². The molecule has 1 aliphatic carbocycles. The van der Waals surface area contributed by atoms with Crippen LogP contribution in [0.5, 0.6) is 0 Å². The lowest BCUT2D eigenvalue weighted by molar-refractivity contribution is -0.137. The monoisotopic (exact) mass is 199 g/mol. The molecular weight excluding hydrogens is 178 g/mol. The number of rotatable bonds is 7. The predicted molar refractivity (Wildman–Crippen MR) is 56.0 cm³/mol. The molecule has 3 heteroatoms. The first-order chi connectivity index (χ1) is 6.59. The highest BCUT2D eigenvalue weighted by atomic mass is 16.4. The number of carboxylic acids is 1. The van der Waals surface area contributed by atoms with Crippen molar-refractivity contribution in [3.05, 3.63) is 0 Å². The van der Waals surface area contributed by atoms with Gasteiger partial charge < -0.3 is 10.8 Å². The summed E-state index contributed by atoms with van der Waals surface area (Å²) in [6, 6.07) is -0.174. The van der Waals surface area contributed by atoms with Crippen LogP contribution in [0.3, 0.4) is 0 Å². The highest BCUT2D eigenvalue weighted by Crippen LogP contribution is 2.34. The van der Waals surface area contributed by atoms with E-state index in [1.807, 2.05) is 0 Å². The summed E-state index contributed by atoms with van der Waals surface area (Å²) in [6.45, 7) is 2.06. The smallest absolute Gasteiger partial charge is 0.304 e. The van der Waals surface area contributed by atoms with Gasteiger partial charge in [-0.05, 0) is 18.3 Å². The number of carboxylic acid groups (broad SMARTS) is 1. The molecule has 3 N–H and O–H groups in total. The first kappa shape index (κ1) is 11.5. The van der Waals surface area contributed by atoms with E-state index in [2.05, 4.69) is 6.92 Å². The van der Waals surface area contributed by atoms with Crippen molar-refractivity contribution in [3.63, 3.8) is 0 Å². The number of aliphatic carboxylic acids is 1. The van der Waals surface area contributed by atoms with Crippen LogP contribution in [0.4, 0.5) is 0 Å². The average Bonchev–Trinajstić information content (AvgIpc) is 2.86. The van der Waals surface area contributed by atoms with E-state index in [9.17, 15) is 4.79 Å². The van der Waals surface area contributed by atoms with Crippen LogP contribution in [0.1, 0.15) is 45.4 Å². The summed E-state index contributed by atoms with van der Waals surface area (Å²) in [4.78, 5) is 10.4. The Bertz CT molecular complexity index is 190. The maximum absolute atomic E-state index is 10.4. The zero-order valence-electron chi connectivity index (χ0n) is 8.91. The lowest BCUT2D eigenvalue weighted by atomic mass is 9.93. The molecule has 3 nitrogen and oxygen atoms in total. The van der Waals surface area contributed by atoms with Gasteiger partial charge in [-0.25, -0.2) is 0 Å². The number of hydrogen-bond donors (Lipinski definition) is 2. The molecule has 0 aromatic rings. The molecule has 14 heavy (non-hydrogen) atoms. The van der Waals surface area contributed by atoms with Crippen LogP contribution >= 0.6 is 0 Å². The van der Waals surface area contributed by atoms with Crippen molar-refractivity contribution >= 4 is 5.97 Å². The maximum atomic E-state index is 10.4. The second-order valence-corrected chi connectivity index (χ2v) is 4.61. The van der Waals surface area contributed by atoms with Crippen LogP contribution < -0.4 is 5.73 Å². The Morgan fingerprint density at radius 3 is 2.71 bits per heavy atom. The summed E-state index contributed by atoms with van der Waals surface area (Å²) in [5, 5.41) is 8.58. The van der Waals surface area contributed by atoms with Gasteiger partial charge in [-0.15, -0.1) is 0 Å². The van der Waals surface area contributed by atoms with Gasteiger partial charge >= 0.3 is 5.97 Å². The summed E-state index contributed by atoms with van der Waals surface area (Å²) in [6.07, 6.45) is 6.49. The van der Waals surface area contributed by atoms with Gasteiger partial charge in [-0.3, -0.25) is 4.79 Å². The van der Waals surface area contributed by atoms with Crippen molar-refractivity contribution in [3.8, 4) is 0 Å². The van der Waals surface area contributed by atoms with Crippen molar-refractivity contribution in [1.29, 1.82) is 0 Å². The van der Waals surface area contributed by atoms with E-state index < -0.39 is 5.97 Å². The van der Waals surface area contributed by atoms with Gasteiger partial charge in [-0.1, -0.05) is 32.6 Å². The van der Waals surface area contributed by atoms with Gasteiger partial charge in [0.25, 0.3) is 0 Å². The molecule has 0 radical (unpaired) electrons. The van der Waals surface area contributed by atoms with Crippen molar-refractivity contribution in [2.24, 2.45) is 17.6 Å². The van der Waals surface area contributed by atoms with Crippen LogP contribution in [-0.4, -0.2) is 17.1 Å². The third kappa shape index (κ3) is 4.61. The Morgan fingerprint density at radius 1 is 1.57 bits per heavy atom. The molecule has 1 aliphatic rings. The van der Waals surface area contributed by atoms with Crippen LogP contribution in [0, 0.1) is 11.8 Å². The normalized spacial score (nSPS) is 20.4. The first-order valence-electron chi connectivity index (χ1n) is 5.57. The van der Waals surface area contributed by atoms with Crippen molar-refractivity contribution < 1.29 is 9.90 Å². The predicted octanol–water partition coefficient (Wildman–Crippen LogP) is 2.00. The molecule has 0 saturated heterocycles. The van der Waals surface area contributed by atoms with Gasteiger partial charge in [-0.2, -0.15) is 0 Å². The fraction of sp³-hybridized carbons (Fsp3) is 0.909. The zero-order valence-corrected chi connectivity index (χ0v) is 8.91. The van der Waals surface area contributed by atoms with Gasteiger partial charge in [0.2, 0.25) is 0 Å². The van der Waals surface area contributed by atoms with Crippen LogP contribution in [0.25, 0.3) is 0 Å². The lowest BCUT2D eigenvalue weighted by Gasteiger charge is -2.17. The van der Waals surface area contributed by atoms with E-state index in [1.54, 1.807) is 0 Å². The van der Waals surface area contributed by atoms with Gasteiger partial charge in [0, 0.05) is 6.04 Å². The van der Waals surface area contributed by atoms with Crippen molar-refractivity contribution in [1.82, 2.24) is 0 Å². The topological polar surface area (TPSA) is 63.3 Å². The largest absolute Gasteiger partial charge is 0.481 e. The SMILES string of the molecule is C[C@H](CCCC1CC1)[C@H](N)CC(=O)O. The molecule has 82 valence electrons. The molecule has 1 fully saturated rings. The number of nitrogens with two attached hydrogens (primary N) is 1. The number of hydrogen-bond acceptors (Lipinski definition) is 2. The molecule has 2 atom stereocenters. The lowest BCUT2D eigenvalue weighted by Crippen LogP contribution is -2.30. The Labute approximate surface area is 85.7 Å². The van der Waals surface area contributed by atoms with E-state index in [0.717, 1.165) is 12.3 Å². The minimum absolute atomic E-state index is 0.102. The Morgan fingerprint density at radius 2 is 2.21 bits per heavy atom. The average molecular weight is 199 g/mol. The van der Waals surface area contributed by atoms with Gasteiger partial charge in [0.05, 0.1) is 6.42 Å². The summed E-state index contributed by atoms with van der Waals surface area (Å²) in [5.41, 5.74) is 5.77. The van der Waals surface area contributed by atoms with Crippen LogP contribution in [0.2, 0.25) is 0 Å². The summed E-state index contributed by atoms with van der Waals surface area (Å²) >= 11 is 0. The fourth-order valence-corrected chi connectivity index (χ4v) is 1.75. The first-order valence-corrected chi connectivity index (χ1v) is 5.57. The molecule has 1 saturated carbocycles. The van der Waals surface area contributed by atoms with E-state index in [1.165, 1.54) is 25.7 Å². The molecule has 0 bridgehead atoms. The van der Waals surface area contributed by atoms with E-state index in [-0.39, 0.29) is 12.5 Å². The second kappa shape index (κ2) is 5.35. The van der Waals surface area contributed by atoms with Crippen LogP contribution in [0.15, 0.2) is 0 Å². The summed E-state index contributed by atoms with van der Waals surface area (Å²) in [5.74, 6) is 0.522. The third-order valence-corrected chi connectivity index (χ3v) is 3.11. The highest BCUT2D eigenvalue weighted by molar-refractivity contribution is 5.67. The summed E-state index contributed by atoms with van der Waals surface area (Å²) < 4.78 is 0. The molecule has 0 spiro atoms. The fourth-order valence-electron chi connectivity index (χ4n) is 1.75. The van der Waals surface area contributed by atoms with Crippen LogP contribution in [-0.2, 0) is 4.79 Å². The molecular formula is C11H21NO2. The molecule has 0 unspecified atom stereocenters. The zero-order chi connectivity index (χ0) is 10.6. The molecule has 1 rings (SSSR count). The van der Waals surface area contributed by atoms with Gasteiger partial charge in [0.15, 0.2) is 0 Å². The molecule has 0 aliphatic heterocycles. The van der Waals surface area contributed by atoms with E-state index in [0.29, 0.717) is 5.92 Å². The maximum Gasteiger partial charge on any atom is 0.304 e. The quantitative estimate of drug-likeness (QED) is 0.659. The Kier molecular flexibility index (Phi) is 4.39. The van der Waals surface area contributed by atoms with E-state index in [4.69, 9.17) is 10.8 Å². The standard InChI is InChI=1S/C11H21NO2/c1-8(10(12)7-11(13)14)3-2-4-9-5-6-9/h8-10H,2-7,12H2,1H3,(H,13,14)/t8-,10-/m1/s1. The Balaban J connectivity index is 2.05. The minimum Gasteiger partial charge on any atom is -0.481 e. The minimum atomic E-state index is -0.786. The summed E-state index contributed by atoms with van der Waals surface area (Å²) in [7, 11) is 0. The second-order valence-electron chi connectivity index (χ2n) is 4.61. The van der Waals surface area contributed by atoms with Crippen molar-refractivity contribution in [2.75, 3.05) is 0 Å². The highest BCUT2D eigenvalue weighted by Gasteiger charge is 2.21. The molecule has 0 heterocycles. The Hall–Kier alpha value is -0.570. The molecule has 0 amide bonds. The molecule has 0 aromatic heterocycles. The molecule has 0 aromatic carbocycles. The van der Waals surface area contributed by atoms with Gasteiger partial charge in [0.1, 0.15) is 0 Å². The number of carbonyl (C=O) groups is 1. The van der Waals surface area contributed by atoms with Crippen molar-refractivity contribution in [2.45, 2.75) is 51.5 Å². The third-order valence-electron chi connectivity index (χ3n) is 3.11.